The minimum Gasteiger partial charge on any atom is -0.410 e. The Morgan fingerprint density at radius 1 is 0.897 bits per heavy atom. The number of amides is 2. The van der Waals surface area contributed by atoms with Crippen LogP contribution in [-0.2, 0) is 4.79 Å². The molecule has 0 aromatic heterocycles. The van der Waals surface area contributed by atoms with Crippen LogP contribution in [0, 0.1) is 5.92 Å². The number of nitrogens with zero attached hydrogens (tertiary/aromatic N) is 2. The second-order valence-corrected chi connectivity index (χ2v) is 8.22. The van der Waals surface area contributed by atoms with Crippen LogP contribution in [0.5, 0.6) is 5.75 Å². The molecule has 2 atom stereocenters. The number of hydrogen-bond acceptors (Lipinski definition) is 3. The van der Waals surface area contributed by atoms with Gasteiger partial charge in [-0.05, 0) is 42.5 Å². The zero-order chi connectivity index (χ0) is 20.4. The number of rotatable bonds is 3. The Morgan fingerprint density at radius 3 is 2.41 bits per heavy atom. The molecule has 2 aromatic carbocycles. The van der Waals surface area contributed by atoms with Crippen molar-refractivity contribution < 1.29 is 14.3 Å². The number of benzene rings is 2. The number of halogens is 2. The molecule has 1 aliphatic carbocycles. The van der Waals surface area contributed by atoms with Gasteiger partial charge < -0.3 is 14.5 Å². The Hall–Kier alpha value is -2.24. The second-order valence-electron chi connectivity index (χ2n) is 7.44. The monoisotopic (exact) mass is 432 g/mol. The van der Waals surface area contributed by atoms with E-state index in [-0.39, 0.29) is 23.8 Å². The third kappa shape index (κ3) is 4.51. The Kier molecular flexibility index (Phi) is 5.97. The highest BCUT2D eigenvalue weighted by Gasteiger charge is 2.47. The highest BCUT2D eigenvalue weighted by atomic mass is 35.5. The van der Waals surface area contributed by atoms with Gasteiger partial charge in [0.1, 0.15) is 5.75 Å². The second kappa shape index (κ2) is 8.64. The van der Waals surface area contributed by atoms with E-state index in [0.29, 0.717) is 42.0 Å². The van der Waals surface area contributed by atoms with Crippen LogP contribution >= 0.6 is 23.2 Å². The number of para-hydroxylation sites is 1. The van der Waals surface area contributed by atoms with Crippen LogP contribution in [0.1, 0.15) is 24.3 Å². The van der Waals surface area contributed by atoms with Gasteiger partial charge in [-0.15, -0.1) is 0 Å². The first-order valence-corrected chi connectivity index (χ1v) is 10.5. The first-order chi connectivity index (χ1) is 14.0. The van der Waals surface area contributed by atoms with E-state index in [9.17, 15) is 9.59 Å². The third-order valence-corrected chi connectivity index (χ3v) is 6.34. The maximum atomic E-state index is 13.0. The summed E-state index contributed by atoms with van der Waals surface area (Å²) in [6.07, 6.45) is 1.14. The van der Waals surface area contributed by atoms with Gasteiger partial charge in [0.25, 0.3) is 0 Å². The summed E-state index contributed by atoms with van der Waals surface area (Å²) >= 11 is 12.4. The van der Waals surface area contributed by atoms with Crippen LogP contribution in [0.15, 0.2) is 48.5 Å². The number of ether oxygens (including phenoxy) is 1. The molecule has 4 rings (SSSR count). The fraction of sp³-hybridized carbons (Fsp3) is 0.364. The molecule has 0 N–H and O–H groups in total. The molecule has 1 aliphatic heterocycles. The van der Waals surface area contributed by atoms with Crippen molar-refractivity contribution in [1.29, 1.82) is 0 Å². The van der Waals surface area contributed by atoms with E-state index in [2.05, 4.69) is 0 Å². The average molecular weight is 433 g/mol. The Bertz CT molecular complexity index is 906. The first-order valence-electron chi connectivity index (χ1n) is 9.79. The molecule has 1 heterocycles. The van der Waals surface area contributed by atoms with Gasteiger partial charge in [-0.25, -0.2) is 4.79 Å². The summed E-state index contributed by atoms with van der Waals surface area (Å²) in [7, 11) is 0. The normalized spacial score (nSPS) is 21.4. The van der Waals surface area contributed by atoms with E-state index in [1.54, 1.807) is 23.1 Å². The molecule has 1 saturated heterocycles. The van der Waals surface area contributed by atoms with Gasteiger partial charge in [-0.1, -0.05) is 53.5 Å². The molecular formula is C22H22Cl2N2O3. The molecular weight excluding hydrogens is 411 g/mol. The van der Waals surface area contributed by atoms with Gasteiger partial charge in [0.15, 0.2) is 0 Å². The number of carbonyl (C=O) groups excluding carboxylic acids is 2. The number of hydrogen-bond donors (Lipinski definition) is 0. The third-order valence-electron chi connectivity index (χ3n) is 5.50. The zero-order valence-electron chi connectivity index (χ0n) is 15.9. The van der Waals surface area contributed by atoms with Gasteiger partial charge in [0, 0.05) is 32.1 Å². The van der Waals surface area contributed by atoms with Gasteiger partial charge in [0.2, 0.25) is 5.91 Å². The topological polar surface area (TPSA) is 49.9 Å². The highest BCUT2D eigenvalue weighted by Crippen LogP contribution is 2.51. The lowest BCUT2D eigenvalue weighted by molar-refractivity contribution is -0.132. The SMILES string of the molecule is O=C(Oc1ccccc1)N1CCCN(C(=O)[C@H]2C[C@@H]2c2cccc(Cl)c2Cl)CC1. The van der Waals surface area contributed by atoms with E-state index in [1.807, 2.05) is 35.2 Å². The van der Waals surface area contributed by atoms with E-state index >= 15 is 0 Å². The molecule has 2 amide bonds. The van der Waals surface area contributed by atoms with Crippen molar-refractivity contribution in [2.75, 3.05) is 26.2 Å². The summed E-state index contributed by atoms with van der Waals surface area (Å²) in [5.74, 6) is 0.711. The Labute approximate surface area is 180 Å². The first kappa shape index (κ1) is 20.0. The van der Waals surface area contributed by atoms with E-state index < -0.39 is 0 Å². The summed E-state index contributed by atoms with van der Waals surface area (Å²) in [6.45, 7) is 2.19. The molecule has 0 radical (unpaired) electrons. The van der Waals surface area contributed by atoms with Gasteiger partial charge in [-0.3, -0.25) is 4.79 Å². The average Bonchev–Trinajstić information content (AvgIpc) is 3.54. The van der Waals surface area contributed by atoms with Crippen molar-refractivity contribution in [3.8, 4) is 5.75 Å². The smallest absolute Gasteiger partial charge is 0.410 e. The summed E-state index contributed by atoms with van der Waals surface area (Å²) in [5, 5.41) is 1.06. The minimum absolute atomic E-state index is 0.0613. The lowest BCUT2D eigenvalue weighted by atomic mass is 10.1. The maximum absolute atomic E-state index is 13.0. The van der Waals surface area contributed by atoms with E-state index in [0.717, 1.165) is 18.4 Å². The highest BCUT2D eigenvalue weighted by molar-refractivity contribution is 6.42. The standard InChI is InChI=1S/C22H22Cl2N2O3/c23-19-9-4-8-16(20(19)24)17-14-18(17)21(27)25-10-5-11-26(13-12-25)22(28)29-15-6-2-1-3-7-15/h1-4,6-9,17-18H,5,10-14H2/t17-,18+/m1/s1. The van der Waals surface area contributed by atoms with Crippen molar-refractivity contribution in [3.05, 3.63) is 64.1 Å². The van der Waals surface area contributed by atoms with Crippen LogP contribution in [0.3, 0.4) is 0 Å². The Balaban J connectivity index is 1.33. The van der Waals surface area contributed by atoms with Crippen LogP contribution < -0.4 is 4.74 Å². The van der Waals surface area contributed by atoms with Crippen molar-refractivity contribution >= 4 is 35.2 Å². The zero-order valence-corrected chi connectivity index (χ0v) is 17.4. The fourth-order valence-electron chi connectivity index (χ4n) is 3.83. The molecule has 152 valence electrons. The van der Waals surface area contributed by atoms with E-state index in [1.165, 1.54) is 0 Å². The quantitative estimate of drug-likeness (QED) is 0.697. The van der Waals surface area contributed by atoms with Crippen molar-refractivity contribution in [3.63, 3.8) is 0 Å². The summed E-state index contributed by atoms with van der Waals surface area (Å²) in [4.78, 5) is 28.9. The largest absolute Gasteiger partial charge is 0.415 e. The molecule has 1 saturated carbocycles. The summed E-state index contributed by atoms with van der Waals surface area (Å²) < 4.78 is 5.42. The van der Waals surface area contributed by atoms with Gasteiger partial charge >= 0.3 is 6.09 Å². The fourth-order valence-corrected chi connectivity index (χ4v) is 4.28. The Morgan fingerprint density at radius 2 is 1.62 bits per heavy atom. The molecule has 5 nitrogen and oxygen atoms in total. The van der Waals surface area contributed by atoms with Crippen LogP contribution in [-0.4, -0.2) is 48.0 Å². The van der Waals surface area contributed by atoms with Crippen molar-refractivity contribution in [2.45, 2.75) is 18.8 Å². The van der Waals surface area contributed by atoms with Crippen LogP contribution in [0.4, 0.5) is 4.79 Å². The number of carbonyl (C=O) groups is 2. The summed E-state index contributed by atoms with van der Waals surface area (Å²) in [6, 6.07) is 14.6. The van der Waals surface area contributed by atoms with Crippen LogP contribution in [0.25, 0.3) is 0 Å². The molecule has 2 fully saturated rings. The lowest BCUT2D eigenvalue weighted by Gasteiger charge is -2.22. The van der Waals surface area contributed by atoms with Gasteiger partial charge in [-0.2, -0.15) is 0 Å². The molecule has 7 heteroatoms. The van der Waals surface area contributed by atoms with Gasteiger partial charge in [0.05, 0.1) is 10.0 Å². The molecule has 2 aliphatic rings. The molecule has 2 aromatic rings. The van der Waals surface area contributed by atoms with Crippen molar-refractivity contribution in [2.24, 2.45) is 5.92 Å². The molecule has 0 bridgehead atoms. The maximum Gasteiger partial charge on any atom is 0.415 e. The van der Waals surface area contributed by atoms with Crippen molar-refractivity contribution in [1.82, 2.24) is 9.80 Å². The summed E-state index contributed by atoms with van der Waals surface area (Å²) in [5.41, 5.74) is 0.945. The predicted molar refractivity (Wildman–Crippen MR) is 113 cm³/mol. The lowest BCUT2D eigenvalue weighted by Crippen LogP contribution is -2.39. The van der Waals surface area contributed by atoms with E-state index in [4.69, 9.17) is 27.9 Å². The minimum atomic E-state index is -0.375. The molecule has 0 unspecified atom stereocenters. The predicted octanol–water partition coefficient (Wildman–Crippen LogP) is 4.83. The molecule has 0 spiro atoms. The van der Waals surface area contributed by atoms with Crippen LogP contribution in [0.2, 0.25) is 10.0 Å². The molecule has 29 heavy (non-hydrogen) atoms.